The third kappa shape index (κ3) is 3.55. The van der Waals surface area contributed by atoms with Crippen molar-refractivity contribution in [3.05, 3.63) is 65.9 Å². The topological polar surface area (TPSA) is 54.5 Å². The maximum absolute atomic E-state index is 9.31. The number of aromatic nitrogens is 3. The van der Waals surface area contributed by atoms with E-state index in [1.54, 1.807) is 0 Å². The van der Waals surface area contributed by atoms with Crippen LogP contribution >= 0.6 is 47.8 Å². The minimum absolute atomic E-state index is 0.302. The molecular formula is C16H9Br3N4. The van der Waals surface area contributed by atoms with Crippen molar-refractivity contribution in [1.82, 2.24) is 15.0 Å². The van der Waals surface area contributed by atoms with Crippen LogP contribution in [0.4, 0.5) is 0 Å². The Bertz CT molecular complexity index is 859. The molecule has 0 radical (unpaired) electrons. The van der Waals surface area contributed by atoms with Crippen molar-refractivity contribution < 1.29 is 0 Å². The van der Waals surface area contributed by atoms with E-state index in [2.05, 4.69) is 64.1 Å². The zero-order chi connectivity index (χ0) is 16.4. The highest BCUT2D eigenvalue weighted by atomic mass is 80.0. The van der Waals surface area contributed by atoms with Crippen LogP contribution in [0.1, 0.15) is 11.3 Å². The van der Waals surface area contributed by atoms with E-state index in [1.165, 1.54) is 4.80 Å². The van der Waals surface area contributed by atoms with Gasteiger partial charge in [0.2, 0.25) is 0 Å². The molecule has 2 aromatic carbocycles. The summed E-state index contributed by atoms with van der Waals surface area (Å²) >= 11 is 10.4. The van der Waals surface area contributed by atoms with Gasteiger partial charge in [-0.05, 0) is 17.7 Å². The number of nitrogens with zero attached hydrogens (tertiary/aromatic N) is 4. The Morgan fingerprint density at radius 1 is 0.913 bits per heavy atom. The second-order valence-electron chi connectivity index (χ2n) is 4.71. The van der Waals surface area contributed by atoms with Crippen molar-refractivity contribution in [2.45, 2.75) is 2.14 Å². The molecule has 23 heavy (non-hydrogen) atoms. The third-order valence-corrected chi connectivity index (χ3v) is 4.57. The summed E-state index contributed by atoms with van der Waals surface area (Å²) in [6, 6.07) is 19.3. The summed E-state index contributed by atoms with van der Waals surface area (Å²) in [4.78, 5) is 1.48. The lowest BCUT2D eigenvalue weighted by Crippen LogP contribution is -2.02. The molecule has 0 saturated carbocycles. The van der Waals surface area contributed by atoms with Crippen molar-refractivity contribution in [1.29, 1.82) is 5.26 Å². The Kier molecular flexibility index (Phi) is 4.67. The number of hydrogen-bond donors (Lipinski definition) is 0. The second kappa shape index (κ2) is 6.56. The number of benzene rings is 2. The van der Waals surface area contributed by atoms with E-state index in [0.717, 1.165) is 16.8 Å². The Labute approximate surface area is 158 Å². The van der Waals surface area contributed by atoms with Crippen LogP contribution in [0.5, 0.6) is 0 Å². The molecule has 0 saturated heterocycles. The predicted octanol–water partition coefficient (Wildman–Crippen LogP) is 5.10. The van der Waals surface area contributed by atoms with Gasteiger partial charge in [-0.1, -0.05) is 90.3 Å². The normalized spacial score (nSPS) is 11.2. The van der Waals surface area contributed by atoms with Gasteiger partial charge >= 0.3 is 0 Å². The summed E-state index contributed by atoms with van der Waals surface area (Å²) in [6.07, 6.45) is 0. The Morgan fingerprint density at radius 3 is 2.13 bits per heavy atom. The number of nitriles is 1. The molecule has 4 nitrogen and oxygen atoms in total. The molecule has 0 fully saturated rings. The van der Waals surface area contributed by atoms with Gasteiger partial charge in [0, 0.05) is 5.56 Å². The Hall–Kier alpha value is -1.49. The monoisotopic (exact) mass is 494 g/mol. The number of hydrogen-bond acceptors (Lipinski definition) is 3. The minimum Gasteiger partial charge on any atom is -0.191 e. The van der Waals surface area contributed by atoms with E-state index >= 15 is 0 Å². The van der Waals surface area contributed by atoms with Crippen molar-refractivity contribution >= 4 is 47.8 Å². The molecule has 0 N–H and O–H groups in total. The molecule has 114 valence electrons. The first-order valence-electron chi connectivity index (χ1n) is 6.59. The smallest absolute Gasteiger partial charge is 0.191 e. The third-order valence-electron chi connectivity index (χ3n) is 3.19. The molecule has 1 heterocycles. The molecule has 0 atom stereocenters. The van der Waals surface area contributed by atoms with Gasteiger partial charge in [-0.3, -0.25) is 0 Å². The fourth-order valence-electron chi connectivity index (χ4n) is 2.07. The molecule has 0 unspecified atom stereocenters. The predicted molar refractivity (Wildman–Crippen MR) is 100.0 cm³/mol. The largest absolute Gasteiger partial charge is 0.191 e. The molecule has 3 rings (SSSR count). The molecule has 0 bridgehead atoms. The van der Waals surface area contributed by atoms with Crippen LogP contribution in [0, 0.1) is 11.3 Å². The number of halogens is 3. The van der Waals surface area contributed by atoms with Crippen molar-refractivity contribution in [2.75, 3.05) is 0 Å². The molecule has 0 aliphatic heterocycles. The first kappa shape index (κ1) is 16.4. The van der Waals surface area contributed by atoms with E-state index in [9.17, 15) is 5.26 Å². The van der Waals surface area contributed by atoms with Crippen LogP contribution in [-0.2, 0) is 2.14 Å². The molecule has 0 aliphatic rings. The lowest BCUT2D eigenvalue weighted by molar-refractivity contribution is 0.751. The van der Waals surface area contributed by atoms with Gasteiger partial charge in [0.25, 0.3) is 0 Å². The highest BCUT2D eigenvalue weighted by Gasteiger charge is 2.21. The summed E-state index contributed by atoms with van der Waals surface area (Å²) in [6.45, 7) is 0. The lowest BCUT2D eigenvalue weighted by atomic mass is 10.1. The molecule has 3 aromatic rings. The van der Waals surface area contributed by atoms with E-state index in [0.29, 0.717) is 11.4 Å². The molecule has 7 heteroatoms. The Morgan fingerprint density at radius 2 is 1.57 bits per heavy atom. The van der Waals surface area contributed by atoms with Crippen LogP contribution in [0.2, 0.25) is 0 Å². The van der Waals surface area contributed by atoms with E-state index in [-0.39, 0.29) is 0 Å². The van der Waals surface area contributed by atoms with Gasteiger partial charge in [-0.2, -0.15) is 5.26 Å². The van der Waals surface area contributed by atoms with Crippen molar-refractivity contribution in [2.24, 2.45) is 0 Å². The van der Waals surface area contributed by atoms with Gasteiger partial charge in [0.1, 0.15) is 11.8 Å². The van der Waals surface area contributed by atoms with Crippen molar-refractivity contribution in [3.8, 4) is 23.0 Å². The maximum Gasteiger partial charge on any atom is 0.191 e. The van der Waals surface area contributed by atoms with Crippen LogP contribution in [0.25, 0.3) is 16.9 Å². The lowest BCUT2D eigenvalue weighted by Gasteiger charge is -2.12. The van der Waals surface area contributed by atoms with Crippen LogP contribution in [0.15, 0.2) is 54.6 Å². The molecule has 0 spiro atoms. The van der Waals surface area contributed by atoms with Gasteiger partial charge in [-0.15, -0.1) is 15.0 Å². The number of alkyl halides is 3. The van der Waals surface area contributed by atoms with Gasteiger partial charge in [0.05, 0.1) is 5.69 Å². The molecule has 0 aliphatic carbocycles. The zero-order valence-electron chi connectivity index (χ0n) is 11.6. The quantitative estimate of drug-likeness (QED) is 0.464. The highest BCUT2D eigenvalue weighted by molar-refractivity contribution is 9.38. The second-order valence-corrected chi connectivity index (χ2v) is 11.5. The first-order valence-corrected chi connectivity index (χ1v) is 8.97. The van der Waals surface area contributed by atoms with Gasteiger partial charge in [0.15, 0.2) is 7.84 Å². The molecular weight excluding hydrogens is 488 g/mol. The first-order chi connectivity index (χ1) is 11.0. The standard InChI is InChI=1S/C16H9Br3N4/c17-16(18,19)12-6-8-13(9-7-12)23-21-14(10-20)15(22-23)11-4-2-1-3-5-11/h1-9H. The fraction of sp³-hybridized carbons (Fsp3) is 0.0625. The van der Waals surface area contributed by atoms with Gasteiger partial charge in [-0.25, -0.2) is 0 Å². The summed E-state index contributed by atoms with van der Waals surface area (Å²) in [5.41, 5.74) is 3.53. The SMILES string of the molecule is N#Cc1nn(-c2ccc(C(Br)(Br)Br)cc2)nc1-c1ccccc1. The maximum atomic E-state index is 9.31. The fourth-order valence-corrected chi connectivity index (χ4v) is 2.86. The van der Waals surface area contributed by atoms with Crippen molar-refractivity contribution in [3.63, 3.8) is 0 Å². The van der Waals surface area contributed by atoms with E-state index < -0.39 is 2.14 Å². The molecule has 1 aromatic heterocycles. The molecule has 0 amide bonds. The average Bonchev–Trinajstić information content (AvgIpc) is 2.99. The summed E-state index contributed by atoms with van der Waals surface area (Å²) in [5, 5.41) is 18.0. The van der Waals surface area contributed by atoms with E-state index in [1.807, 2.05) is 54.6 Å². The minimum atomic E-state index is -0.462. The summed E-state index contributed by atoms with van der Waals surface area (Å²) < 4.78 is -0.462. The van der Waals surface area contributed by atoms with E-state index in [4.69, 9.17) is 0 Å². The summed E-state index contributed by atoms with van der Waals surface area (Å²) in [5.74, 6) is 0. The van der Waals surface area contributed by atoms with Crippen LogP contribution < -0.4 is 0 Å². The van der Waals surface area contributed by atoms with Gasteiger partial charge < -0.3 is 0 Å². The summed E-state index contributed by atoms with van der Waals surface area (Å²) in [7, 11) is 0. The van der Waals surface area contributed by atoms with Crippen LogP contribution in [-0.4, -0.2) is 15.0 Å². The van der Waals surface area contributed by atoms with Crippen LogP contribution in [0.3, 0.4) is 0 Å². The Balaban J connectivity index is 2.02. The average molecular weight is 497 g/mol. The highest BCUT2D eigenvalue weighted by Crippen LogP contribution is 2.44. The number of rotatable bonds is 2. The zero-order valence-corrected chi connectivity index (χ0v) is 16.4.